The van der Waals surface area contributed by atoms with Gasteiger partial charge in [0, 0.05) is 38.6 Å². The highest BCUT2D eigenvalue weighted by Crippen LogP contribution is 2.58. The van der Waals surface area contributed by atoms with E-state index in [4.69, 9.17) is 9.97 Å². The Kier molecular flexibility index (Phi) is 7.69. The van der Waals surface area contributed by atoms with Crippen molar-refractivity contribution in [3.8, 4) is 61.8 Å². The number of nitrogens with zero attached hydrogens (tertiary/aromatic N) is 3. The number of aryl methyl sites for hydroxylation is 1. The second kappa shape index (κ2) is 13.0. The van der Waals surface area contributed by atoms with E-state index in [-0.39, 0.29) is 5.41 Å². The highest BCUT2D eigenvalue weighted by Gasteiger charge is 2.42. The zero-order valence-electron chi connectivity index (χ0n) is 32.6. The number of hydrogen-bond acceptors (Lipinski definition) is 2. The van der Waals surface area contributed by atoms with E-state index in [9.17, 15) is 0 Å². The number of aromatic nitrogens is 3. The summed E-state index contributed by atoms with van der Waals surface area (Å²) in [5.41, 5.74) is 19.7. The second-order valence-corrected chi connectivity index (χ2v) is 16.5. The van der Waals surface area contributed by atoms with E-state index in [0.717, 1.165) is 33.8 Å². The first-order chi connectivity index (χ1) is 28.0. The van der Waals surface area contributed by atoms with E-state index in [1.807, 2.05) is 12.1 Å². The van der Waals surface area contributed by atoms with Crippen LogP contribution in [0.25, 0.3) is 83.6 Å². The van der Waals surface area contributed by atoms with Crippen molar-refractivity contribution in [2.45, 2.75) is 51.4 Å². The number of rotatable bonds is 6. The molecule has 0 spiro atoms. The van der Waals surface area contributed by atoms with Crippen molar-refractivity contribution in [3.05, 3.63) is 186 Å². The van der Waals surface area contributed by atoms with Gasteiger partial charge in [-0.3, -0.25) is 0 Å². The van der Waals surface area contributed by atoms with E-state index in [2.05, 4.69) is 177 Å². The SMILES string of the molecule is Cc1ccccc1-c1c(C2CCC2)ccc2c1C(C)(C)c1c-2ccc2c1c1ccccc1n2-c1ccc(-c2nc(-c3ccccc3)cc(-c3ccccc3)n2)cc1. The Hall–Kier alpha value is -6.58. The van der Waals surface area contributed by atoms with Gasteiger partial charge in [0.1, 0.15) is 0 Å². The molecule has 3 nitrogen and oxygen atoms in total. The molecule has 2 heterocycles. The molecular weight excluding hydrogens is 691 g/mol. The number of para-hydroxylation sites is 1. The van der Waals surface area contributed by atoms with Gasteiger partial charge in [0.15, 0.2) is 5.82 Å². The van der Waals surface area contributed by atoms with Crippen LogP contribution in [0.3, 0.4) is 0 Å². The van der Waals surface area contributed by atoms with Gasteiger partial charge in [0.05, 0.1) is 22.4 Å². The quantitative estimate of drug-likeness (QED) is 0.170. The lowest BCUT2D eigenvalue weighted by Gasteiger charge is -2.33. The molecule has 57 heavy (non-hydrogen) atoms. The van der Waals surface area contributed by atoms with Crippen molar-refractivity contribution in [2.75, 3.05) is 0 Å². The molecular formula is C54H43N3. The van der Waals surface area contributed by atoms with Crippen molar-refractivity contribution in [1.82, 2.24) is 14.5 Å². The Morgan fingerprint density at radius 2 is 1.16 bits per heavy atom. The molecule has 0 amide bonds. The van der Waals surface area contributed by atoms with Crippen molar-refractivity contribution in [3.63, 3.8) is 0 Å². The fourth-order valence-electron chi connectivity index (χ4n) is 9.88. The van der Waals surface area contributed by atoms with Gasteiger partial charge in [-0.1, -0.05) is 142 Å². The van der Waals surface area contributed by atoms with Crippen molar-refractivity contribution >= 4 is 21.8 Å². The summed E-state index contributed by atoms with van der Waals surface area (Å²) in [5, 5.41) is 2.64. The first-order valence-electron chi connectivity index (χ1n) is 20.4. The smallest absolute Gasteiger partial charge is 0.160 e. The summed E-state index contributed by atoms with van der Waals surface area (Å²) < 4.78 is 2.45. The molecule has 0 saturated heterocycles. The van der Waals surface area contributed by atoms with Crippen LogP contribution in [0.15, 0.2) is 164 Å². The molecule has 274 valence electrons. The Labute approximate surface area is 334 Å². The van der Waals surface area contributed by atoms with E-state index in [1.54, 1.807) is 0 Å². The average Bonchev–Trinajstić information content (AvgIpc) is 3.69. The molecule has 1 saturated carbocycles. The average molecular weight is 734 g/mol. The Bertz CT molecular complexity index is 2950. The van der Waals surface area contributed by atoms with Gasteiger partial charge < -0.3 is 4.57 Å². The van der Waals surface area contributed by atoms with Crippen molar-refractivity contribution < 1.29 is 0 Å². The van der Waals surface area contributed by atoms with Crippen LogP contribution >= 0.6 is 0 Å². The minimum absolute atomic E-state index is 0.210. The molecule has 2 aliphatic carbocycles. The number of benzene rings is 7. The summed E-state index contributed by atoms with van der Waals surface area (Å²) in [6.45, 7) is 7.22. The fraction of sp³-hybridized carbons (Fsp3) is 0.148. The third kappa shape index (κ3) is 5.26. The number of hydrogen-bond donors (Lipinski definition) is 0. The maximum absolute atomic E-state index is 5.11. The first kappa shape index (κ1) is 33.7. The van der Waals surface area contributed by atoms with Crippen molar-refractivity contribution in [1.29, 1.82) is 0 Å². The standard InChI is InChI=1S/C54H43N3/c1-34-15-10-11-22-40(34)49-41(35-20-14-21-35)29-30-42-43-31-32-48-50(52(43)54(2,3)51(42)49)44-23-12-13-24-47(44)57(48)39-27-25-38(26-28-39)53-55-45(36-16-6-4-7-17-36)33-46(56-53)37-18-8-5-9-19-37/h4-13,15-19,22-33,35H,14,20-21H2,1-3H3. The third-order valence-corrected chi connectivity index (χ3v) is 12.8. The van der Waals surface area contributed by atoms with E-state index < -0.39 is 0 Å². The second-order valence-electron chi connectivity index (χ2n) is 16.5. The fourth-order valence-corrected chi connectivity index (χ4v) is 9.88. The third-order valence-electron chi connectivity index (χ3n) is 12.8. The Morgan fingerprint density at radius 1 is 0.544 bits per heavy atom. The lowest BCUT2D eigenvalue weighted by Crippen LogP contribution is -2.19. The highest BCUT2D eigenvalue weighted by atomic mass is 15.0. The van der Waals surface area contributed by atoms with Gasteiger partial charge in [-0.2, -0.15) is 0 Å². The van der Waals surface area contributed by atoms with Crippen LogP contribution in [0.2, 0.25) is 0 Å². The zero-order chi connectivity index (χ0) is 38.3. The van der Waals surface area contributed by atoms with Gasteiger partial charge in [-0.05, 0) is 113 Å². The highest BCUT2D eigenvalue weighted by molar-refractivity contribution is 6.15. The van der Waals surface area contributed by atoms with E-state index >= 15 is 0 Å². The topological polar surface area (TPSA) is 30.7 Å². The Morgan fingerprint density at radius 3 is 1.82 bits per heavy atom. The summed E-state index contributed by atoms with van der Waals surface area (Å²) in [4.78, 5) is 10.2. The van der Waals surface area contributed by atoms with Crippen molar-refractivity contribution in [2.24, 2.45) is 0 Å². The van der Waals surface area contributed by atoms with Gasteiger partial charge in [-0.15, -0.1) is 0 Å². The van der Waals surface area contributed by atoms with Crippen LogP contribution < -0.4 is 0 Å². The lowest BCUT2D eigenvalue weighted by molar-refractivity contribution is 0.420. The van der Waals surface area contributed by atoms with Crippen LogP contribution in [0.4, 0.5) is 0 Å². The van der Waals surface area contributed by atoms with Gasteiger partial charge in [-0.25, -0.2) is 9.97 Å². The molecule has 7 aromatic carbocycles. The molecule has 0 bridgehead atoms. The van der Waals surface area contributed by atoms with E-state index in [1.165, 1.54) is 85.6 Å². The molecule has 2 aromatic heterocycles. The van der Waals surface area contributed by atoms with Crippen LogP contribution in [-0.2, 0) is 5.41 Å². The summed E-state index contributed by atoms with van der Waals surface area (Å²) in [5.74, 6) is 1.34. The molecule has 0 radical (unpaired) electrons. The first-order valence-corrected chi connectivity index (χ1v) is 20.4. The largest absolute Gasteiger partial charge is 0.309 e. The normalized spacial score (nSPS) is 14.4. The molecule has 0 aliphatic heterocycles. The monoisotopic (exact) mass is 733 g/mol. The molecule has 0 unspecified atom stereocenters. The molecule has 1 fully saturated rings. The Balaban J connectivity index is 1.07. The van der Waals surface area contributed by atoms with Gasteiger partial charge in [0.25, 0.3) is 0 Å². The zero-order valence-corrected chi connectivity index (χ0v) is 32.6. The predicted molar refractivity (Wildman–Crippen MR) is 237 cm³/mol. The molecule has 2 aliphatic rings. The summed E-state index contributed by atoms with van der Waals surface area (Å²) in [6, 6.07) is 59.3. The minimum atomic E-state index is -0.210. The maximum Gasteiger partial charge on any atom is 0.160 e. The number of fused-ring (bicyclic) bond motifs is 7. The molecule has 0 N–H and O–H groups in total. The minimum Gasteiger partial charge on any atom is -0.309 e. The van der Waals surface area contributed by atoms with E-state index in [0.29, 0.717) is 11.7 Å². The van der Waals surface area contributed by atoms with Crippen LogP contribution in [0.1, 0.15) is 61.3 Å². The van der Waals surface area contributed by atoms with Crippen LogP contribution in [0.5, 0.6) is 0 Å². The molecule has 11 rings (SSSR count). The van der Waals surface area contributed by atoms with Crippen LogP contribution in [0, 0.1) is 6.92 Å². The van der Waals surface area contributed by atoms with Gasteiger partial charge in [0.2, 0.25) is 0 Å². The molecule has 0 atom stereocenters. The predicted octanol–water partition coefficient (Wildman–Crippen LogP) is 14.1. The molecule has 9 aromatic rings. The molecule has 3 heteroatoms. The summed E-state index contributed by atoms with van der Waals surface area (Å²) in [6.07, 6.45) is 3.88. The summed E-state index contributed by atoms with van der Waals surface area (Å²) >= 11 is 0. The summed E-state index contributed by atoms with van der Waals surface area (Å²) in [7, 11) is 0. The van der Waals surface area contributed by atoms with Gasteiger partial charge >= 0.3 is 0 Å². The lowest BCUT2D eigenvalue weighted by atomic mass is 9.71. The van der Waals surface area contributed by atoms with Crippen LogP contribution in [-0.4, -0.2) is 14.5 Å². The maximum atomic E-state index is 5.11.